The quantitative estimate of drug-likeness (QED) is 0.354. The summed E-state index contributed by atoms with van der Waals surface area (Å²) in [5, 5.41) is 15.6. The maximum Gasteiger partial charge on any atom is 0.328 e. The number of hydrogen-bond donors (Lipinski definition) is 2. The first kappa shape index (κ1) is 26.2. The molecule has 0 saturated heterocycles. The first-order chi connectivity index (χ1) is 15.9. The Kier molecular flexibility index (Phi) is 8.21. The van der Waals surface area contributed by atoms with E-state index in [9.17, 15) is 31.2 Å². The molecule has 0 bridgehead atoms. The smallest absolute Gasteiger partial charge is 0.328 e. The summed E-state index contributed by atoms with van der Waals surface area (Å²) < 4.78 is 51.0. The van der Waals surface area contributed by atoms with Crippen LogP contribution in [0.5, 0.6) is 0 Å². The summed E-state index contributed by atoms with van der Waals surface area (Å²) in [5.74, 6) is -2.51. The van der Waals surface area contributed by atoms with E-state index in [-0.39, 0.29) is 26.6 Å². The Morgan fingerprint density at radius 1 is 0.971 bits per heavy atom. The number of carboxylic acids is 2. The molecular formula is C21H18N2O9S2. The largest absolute Gasteiger partial charge is 0.478 e. The second-order valence-electron chi connectivity index (χ2n) is 6.54. The fourth-order valence-electron chi connectivity index (χ4n) is 2.68. The zero-order valence-corrected chi connectivity index (χ0v) is 19.1. The summed E-state index contributed by atoms with van der Waals surface area (Å²) in [6.07, 6.45) is 6.43. The first-order valence-electron chi connectivity index (χ1n) is 9.14. The van der Waals surface area contributed by atoms with E-state index in [1.807, 2.05) is 0 Å². The monoisotopic (exact) mass is 506 g/mol. The zero-order valence-electron chi connectivity index (χ0n) is 17.5. The van der Waals surface area contributed by atoms with E-state index in [4.69, 9.17) is 10.2 Å². The van der Waals surface area contributed by atoms with Gasteiger partial charge in [-0.2, -0.15) is 0 Å². The van der Waals surface area contributed by atoms with Crippen LogP contribution in [0.3, 0.4) is 0 Å². The lowest BCUT2D eigenvalue weighted by Crippen LogP contribution is -2.14. The van der Waals surface area contributed by atoms with Crippen LogP contribution in [0.1, 0.15) is 10.4 Å². The van der Waals surface area contributed by atoms with Gasteiger partial charge in [-0.15, -0.1) is 0 Å². The second kappa shape index (κ2) is 10.7. The highest BCUT2D eigenvalue weighted by Crippen LogP contribution is 2.31. The Balaban J connectivity index is 0.000000440. The molecule has 2 N–H and O–H groups in total. The van der Waals surface area contributed by atoms with E-state index >= 15 is 0 Å². The molecule has 0 unspecified atom stereocenters. The summed E-state index contributed by atoms with van der Waals surface area (Å²) in [6.45, 7) is 0. The third-order valence-corrected chi connectivity index (χ3v) is 6.88. The van der Waals surface area contributed by atoms with Gasteiger partial charge >= 0.3 is 11.9 Å². The Morgan fingerprint density at radius 3 is 2.09 bits per heavy atom. The Morgan fingerprint density at radius 2 is 1.59 bits per heavy atom. The molecule has 0 aliphatic heterocycles. The standard InChI is InChI=1S/C17H14N2O5S2.C4H4O4/c1-25(21,22)17-7-3-2-6-15(17)16-9-13(12-20)11-19(16)26(23,24)14-5-4-8-18-10-14;5-3(6)1-2-4(7)8/h2-12H,1H3;1-2H,(H,5,6)(H,7,8)/b;2-1+. The minimum Gasteiger partial charge on any atom is -0.478 e. The predicted octanol–water partition coefficient (Wildman–Crippen LogP) is 1.71. The second-order valence-corrected chi connectivity index (χ2v) is 10.3. The minimum atomic E-state index is -4.07. The van der Waals surface area contributed by atoms with Gasteiger partial charge in [0.2, 0.25) is 0 Å². The van der Waals surface area contributed by atoms with E-state index in [2.05, 4.69) is 4.98 Å². The maximum absolute atomic E-state index is 13.0. The topological polar surface area (TPSA) is 178 Å². The van der Waals surface area contributed by atoms with Crippen LogP contribution in [-0.4, -0.2) is 60.5 Å². The van der Waals surface area contributed by atoms with E-state index in [1.165, 1.54) is 42.7 Å². The highest BCUT2D eigenvalue weighted by atomic mass is 32.2. The highest BCUT2D eigenvalue weighted by Gasteiger charge is 2.25. The number of rotatable bonds is 7. The molecule has 0 saturated carbocycles. The summed E-state index contributed by atoms with van der Waals surface area (Å²) >= 11 is 0. The third kappa shape index (κ3) is 6.46. The average molecular weight is 507 g/mol. The van der Waals surface area contributed by atoms with E-state index < -0.39 is 31.8 Å². The van der Waals surface area contributed by atoms with Crippen LogP contribution >= 0.6 is 0 Å². The van der Waals surface area contributed by atoms with E-state index in [0.29, 0.717) is 18.4 Å². The molecule has 0 radical (unpaired) electrons. The van der Waals surface area contributed by atoms with Crippen LogP contribution in [0, 0.1) is 0 Å². The average Bonchev–Trinajstić information content (AvgIpc) is 3.24. The predicted molar refractivity (Wildman–Crippen MR) is 120 cm³/mol. The van der Waals surface area contributed by atoms with Crippen molar-refractivity contribution in [2.24, 2.45) is 0 Å². The van der Waals surface area contributed by atoms with E-state index in [0.717, 1.165) is 16.4 Å². The number of carbonyl (C=O) groups excluding carboxylic acids is 1. The first-order valence-corrected chi connectivity index (χ1v) is 12.5. The van der Waals surface area contributed by atoms with Gasteiger partial charge in [-0.25, -0.2) is 30.4 Å². The van der Waals surface area contributed by atoms with Gasteiger partial charge in [0.05, 0.1) is 10.6 Å². The lowest BCUT2D eigenvalue weighted by atomic mass is 10.1. The molecule has 0 aliphatic carbocycles. The Labute approximate surface area is 194 Å². The minimum absolute atomic E-state index is 0.0295. The van der Waals surface area contributed by atoms with Crippen LogP contribution in [0.2, 0.25) is 0 Å². The maximum atomic E-state index is 13.0. The highest BCUT2D eigenvalue weighted by molar-refractivity contribution is 7.91. The molecule has 0 amide bonds. The number of aliphatic carboxylic acids is 2. The number of carboxylic acid groups (broad SMARTS) is 2. The number of benzene rings is 1. The van der Waals surface area contributed by atoms with Gasteiger partial charge in [0.1, 0.15) is 4.90 Å². The van der Waals surface area contributed by atoms with Crippen LogP contribution in [0.25, 0.3) is 11.3 Å². The Hall–Kier alpha value is -4.10. The molecule has 13 heteroatoms. The van der Waals surface area contributed by atoms with Gasteiger partial charge in [-0.1, -0.05) is 18.2 Å². The number of sulfone groups is 1. The number of hydrogen-bond acceptors (Lipinski definition) is 8. The number of aromatic nitrogens is 2. The molecular weight excluding hydrogens is 488 g/mol. The summed E-state index contributed by atoms with van der Waals surface area (Å²) in [7, 11) is -7.68. The van der Waals surface area contributed by atoms with Crippen molar-refractivity contribution in [3.05, 3.63) is 78.8 Å². The van der Waals surface area contributed by atoms with E-state index in [1.54, 1.807) is 12.1 Å². The number of aldehydes is 1. The summed E-state index contributed by atoms with van der Waals surface area (Å²) in [4.78, 5) is 34.0. The SMILES string of the molecule is CS(=O)(=O)c1ccccc1-c1cc(C=O)cn1S(=O)(=O)c1cccnc1.O=C(O)/C=C/C(=O)O. The molecule has 2 aromatic heterocycles. The zero-order chi connectivity index (χ0) is 25.5. The fourth-order valence-corrected chi connectivity index (χ4v) is 4.92. The molecule has 34 heavy (non-hydrogen) atoms. The lowest BCUT2D eigenvalue weighted by molar-refractivity contribution is -0.134. The molecule has 3 aromatic rings. The van der Waals surface area contributed by atoms with Crippen molar-refractivity contribution >= 4 is 38.1 Å². The number of carbonyl (C=O) groups is 3. The molecule has 178 valence electrons. The van der Waals surface area contributed by atoms with Crippen molar-refractivity contribution in [2.75, 3.05) is 6.26 Å². The van der Waals surface area contributed by atoms with Gasteiger partial charge in [-0.3, -0.25) is 9.78 Å². The van der Waals surface area contributed by atoms with Crippen LogP contribution in [0.4, 0.5) is 0 Å². The lowest BCUT2D eigenvalue weighted by Gasteiger charge is -2.12. The van der Waals surface area contributed by atoms with Crippen molar-refractivity contribution in [3.8, 4) is 11.3 Å². The Bertz CT molecular complexity index is 1440. The van der Waals surface area contributed by atoms with Crippen LogP contribution in [-0.2, 0) is 29.4 Å². The van der Waals surface area contributed by atoms with Crippen LogP contribution < -0.4 is 0 Å². The fraction of sp³-hybridized carbons (Fsp3) is 0.0476. The molecule has 0 atom stereocenters. The molecule has 0 spiro atoms. The van der Waals surface area contributed by atoms with Crippen molar-refractivity contribution in [1.82, 2.24) is 8.96 Å². The van der Waals surface area contributed by atoms with Gasteiger partial charge in [0, 0.05) is 48.1 Å². The van der Waals surface area contributed by atoms with Crippen molar-refractivity contribution in [1.29, 1.82) is 0 Å². The summed E-state index contributed by atoms with van der Waals surface area (Å²) in [5.41, 5.74) is 0.378. The molecule has 11 nitrogen and oxygen atoms in total. The van der Waals surface area contributed by atoms with Crippen molar-refractivity contribution in [2.45, 2.75) is 9.79 Å². The number of pyridine rings is 1. The van der Waals surface area contributed by atoms with Crippen molar-refractivity contribution in [3.63, 3.8) is 0 Å². The van der Waals surface area contributed by atoms with Gasteiger partial charge in [-0.05, 0) is 24.3 Å². The number of nitrogens with zero attached hydrogens (tertiary/aromatic N) is 2. The molecule has 0 aliphatic rings. The molecule has 1 aromatic carbocycles. The van der Waals surface area contributed by atoms with Gasteiger partial charge in [0.15, 0.2) is 16.1 Å². The summed E-state index contributed by atoms with van der Waals surface area (Å²) in [6, 6.07) is 10.2. The molecule has 2 heterocycles. The normalized spacial score (nSPS) is 11.4. The van der Waals surface area contributed by atoms with Crippen molar-refractivity contribution < 1.29 is 41.4 Å². The third-order valence-electron chi connectivity index (χ3n) is 4.07. The molecule has 3 rings (SSSR count). The molecule has 0 fully saturated rings. The van der Waals surface area contributed by atoms with Gasteiger partial charge < -0.3 is 10.2 Å². The van der Waals surface area contributed by atoms with Crippen LogP contribution in [0.15, 0.2) is 83.0 Å². The van der Waals surface area contributed by atoms with Gasteiger partial charge in [0.25, 0.3) is 10.0 Å².